The van der Waals surface area contributed by atoms with Gasteiger partial charge >= 0.3 is 0 Å². The minimum absolute atomic E-state index is 0.999. The summed E-state index contributed by atoms with van der Waals surface area (Å²) in [6.07, 6.45) is 7.47. The number of aromatic nitrogens is 1. The Bertz CT molecular complexity index is 273. The maximum Gasteiger partial charge on any atom is 0.0442 e. The van der Waals surface area contributed by atoms with Gasteiger partial charge in [0.1, 0.15) is 0 Å². The largest absolute Gasteiger partial charge is 0.262 e. The molecule has 3 heteroatoms. The molecule has 11 heavy (non-hydrogen) atoms. The summed E-state index contributed by atoms with van der Waals surface area (Å²) in [5, 5.41) is 0. The molecule has 0 amide bonds. The second-order valence-electron chi connectivity index (χ2n) is 1.94. The van der Waals surface area contributed by atoms with Gasteiger partial charge in [-0.05, 0) is 22.2 Å². The summed E-state index contributed by atoms with van der Waals surface area (Å²) in [5.74, 6) is 0. The quantitative estimate of drug-likeness (QED) is 0.723. The van der Waals surface area contributed by atoms with Crippen molar-refractivity contribution < 1.29 is 0 Å². The molecule has 0 aliphatic rings. The Morgan fingerprint density at radius 3 is 2.82 bits per heavy atom. The van der Waals surface area contributed by atoms with Crippen LogP contribution in [0.2, 0.25) is 0 Å². The van der Waals surface area contributed by atoms with E-state index in [2.05, 4.69) is 27.5 Å². The van der Waals surface area contributed by atoms with Crippen LogP contribution in [-0.4, -0.2) is 11.2 Å². The number of thioether (sulfide) groups is 1. The summed E-state index contributed by atoms with van der Waals surface area (Å²) in [6.45, 7) is 3.73. The number of hydrogen-bond donors (Lipinski definition) is 0. The molecule has 0 aliphatic heterocycles. The second kappa shape index (κ2) is 3.93. The summed E-state index contributed by atoms with van der Waals surface area (Å²) in [5.41, 5.74) is 1.12. The highest BCUT2D eigenvalue weighted by atomic mass is 79.9. The summed E-state index contributed by atoms with van der Waals surface area (Å²) in [4.78, 5) is 5.20. The topological polar surface area (TPSA) is 12.9 Å². The van der Waals surface area contributed by atoms with Crippen LogP contribution in [0.25, 0.3) is 6.08 Å². The first-order valence-electron chi connectivity index (χ1n) is 3.09. The number of hydrogen-bond acceptors (Lipinski definition) is 2. The maximum atomic E-state index is 4.05. The Morgan fingerprint density at radius 2 is 2.36 bits per heavy atom. The van der Waals surface area contributed by atoms with E-state index in [1.165, 1.54) is 0 Å². The highest BCUT2D eigenvalue weighted by Crippen LogP contribution is 2.26. The smallest absolute Gasteiger partial charge is 0.0442 e. The van der Waals surface area contributed by atoms with Crippen molar-refractivity contribution in [2.75, 3.05) is 6.26 Å². The average molecular weight is 230 g/mol. The molecular weight excluding hydrogens is 222 g/mol. The molecule has 1 nitrogen and oxygen atoms in total. The van der Waals surface area contributed by atoms with Crippen LogP contribution in [0.1, 0.15) is 5.56 Å². The van der Waals surface area contributed by atoms with E-state index in [9.17, 15) is 0 Å². The predicted octanol–water partition coefficient (Wildman–Crippen LogP) is 3.21. The SMILES string of the molecule is C=Cc1c(Br)cncc1SC. The molecule has 0 atom stereocenters. The van der Waals surface area contributed by atoms with Crippen LogP contribution in [0.3, 0.4) is 0 Å². The van der Waals surface area contributed by atoms with Gasteiger partial charge < -0.3 is 0 Å². The van der Waals surface area contributed by atoms with E-state index >= 15 is 0 Å². The Hall–Kier alpha value is -0.280. The van der Waals surface area contributed by atoms with Crippen molar-refractivity contribution in [1.29, 1.82) is 0 Å². The molecule has 0 spiro atoms. The molecule has 0 saturated heterocycles. The molecule has 0 radical (unpaired) electrons. The fraction of sp³-hybridized carbons (Fsp3) is 0.125. The van der Waals surface area contributed by atoms with Gasteiger partial charge in [0.25, 0.3) is 0 Å². The van der Waals surface area contributed by atoms with Gasteiger partial charge in [-0.1, -0.05) is 12.7 Å². The molecule has 1 aromatic heterocycles. The monoisotopic (exact) mass is 229 g/mol. The van der Waals surface area contributed by atoms with E-state index in [1.807, 2.05) is 18.5 Å². The summed E-state index contributed by atoms with van der Waals surface area (Å²) >= 11 is 5.07. The fourth-order valence-electron chi connectivity index (χ4n) is 0.788. The summed E-state index contributed by atoms with van der Waals surface area (Å²) in [7, 11) is 0. The van der Waals surface area contributed by atoms with Crippen LogP contribution in [0.4, 0.5) is 0 Å². The van der Waals surface area contributed by atoms with Crippen LogP contribution in [-0.2, 0) is 0 Å². The number of nitrogens with zero attached hydrogens (tertiary/aromatic N) is 1. The van der Waals surface area contributed by atoms with Crippen LogP contribution >= 0.6 is 27.7 Å². The molecule has 58 valence electrons. The average Bonchev–Trinajstić information content (AvgIpc) is 2.04. The van der Waals surface area contributed by atoms with E-state index in [0.717, 1.165) is 14.9 Å². The van der Waals surface area contributed by atoms with Gasteiger partial charge in [0.15, 0.2) is 0 Å². The zero-order valence-electron chi connectivity index (χ0n) is 6.17. The van der Waals surface area contributed by atoms with Gasteiger partial charge in [0.05, 0.1) is 0 Å². The number of pyridine rings is 1. The molecular formula is C8H8BrNS. The van der Waals surface area contributed by atoms with Crippen molar-refractivity contribution in [3.8, 4) is 0 Å². The minimum Gasteiger partial charge on any atom is -0.262 e. The van der Waals surface area contributed by atoms with Crippen molar-refractivity contribution in [2.45, 2.75) is 4.90 Å². The van der Waals surface area contributed by atoms with E-state index in [0.29, 0.717) is 0 Å². The zero-order valence-corrected chi connectivity index (χ0v) is 8.58. The van der Waals surface area contributed by atoms with Gasteiger partial charge in [0.2, 0.25) is 0 Å². The lowest BCUT2D eigenvalue weighted by Gasteiger charge is -2.02. The number of halogens is 1. The van der Waals surface area contributed by atoms with Gasteiger partial charge in [-0.2, -0.15) is 0 Å². The standard InChI is InChI=1S/C8H8BrNS/c1-3-6-7(9)4-10-5-8(6)11-2/h3-5H,1H2,2H3. The molecule has 0 aliphatic carbocycles. The van der Waals surface area contributed by atoms with E-state index in [1.54, 1.807) is 18.0 Å². The predicted molar refractivity (Wildman–Crippen MR) is 53.8 cm³/mol. The molecule has 0 fully saturated rings. The zero-order chi connectivity index (χ0) is 8.27. The Morgan fingerprint density at radius 1 is 1.64 bits per heavy atom. The fourth-order valence-corrected chi connectivity index (χ4v) is 1.99. The van der Waals surface area contributed by atoms with Gasteiger partial charge in [-0.25, -0.2) is 0 Å². The molecule has 0 N–H and O–H groups in total. The molecule has 0 unspecified atom stereocenters. The van der Waals surface area contributed by atoms with Crippen molar-refractivity contribution in [2.24, 2.45) is 0 Å². The first kappa shape index (κ1) is 8.81. The van der Waals surface area contributed by atoms with Crippen LogP contribution in [0, 0.1) is 0 Å². The Balaban J connectivity index is 3.24. The first-order chi connectivity index (χ1) is 5.29. The lowest BCUT2D eigenvalue weighted by atomic mass is 10.3. The van der Waals surface area contributed by atoms with Gasteiger partial charge in [-0.3, -0.25) is 4.98 Å². The van der Waals surface area contributed by atoms with Gasteiger partial charge in [-0.15, -0.1) is 11.8 Å². The molecule has 1 aromatic rings. The normalized spacial score (nSPS) is 9.64. The van der Waals surface area contributed by atoms with Crippen molar-refractivity contribution in [1.82, 2.24) is 4.98 Å². The molecule has 0 saturated carbocycles. The molecule has 1 rings (SSSR count). The Labute approximate surface area is 79.0 Å². The van der Waals surface area contributed by atoms with Crippen molar-refractivity contribution in [3.63, 3.8) is 0 Å². The second-order valence-corrected chi connectivity index (χ2v) is 3.64. The van der Waals surface area contributed by atoms with Crippen molar-refractivity contribution >= 4 is 33.8 Å². The van der Waals surface area contributed by atoms with Crippen LogP contribution in [0.15, 0.2) is 28.3 Å². The maximum absolute atomic E-state index is 4.05. The van der Waals surface area contributed by atoms with Crippen molar-refractivity contribution in [3.05, 3.63) is 29.0 Å². The lowest BCUT2D eigenvalue weighted by Crippen LogP contribution is -1.82. The van der Waals surface area contributed by atoms with Crippen LogP contribution < -0.4 is 0 Å². The van der Waals surface area contributed by atoms with E-state index in [-0.39, 0.29) is 0 Å². The highest BCUT2D eigenvalue weighted by molar-refractivity contribution is 9.10. The van der Waals surface area contributed by atoms with Gasteiger partial charge in [0, 0.05) is 27.3 Å². The highest BCUT2D eigenvalue weighted by Gasteiger charge is 2.01. The third kappa shape index (κ3) is 1.84. The minimum atomic E-state index is 0.999. The molecule has 0 bridgehead atoms. The first-order valence-corrected chi connectivity index (χ1v) is 5.11. The summed E-state index contributed by atoms with van der Waals surface area (Å²) < 4.78 is 0.999. The lowest BCUT2D eigenvalue weighted by molar-refractivity contribution is 1.21. The molecule has 0 aromatic carbocycles. The van der Waals surface area contributed by atoms with E-state index < -0.39 is 0 Å². The third-order valence-corrected chi connectivity index (χ3v) is 2.72. The number of rotatable bonds is 2. The summed E-state index contributed by atoms with van der Waals surface area (Å²) in [6, 6.07) is 0. The Kier molecular flexibility index (Phi) is 3.15. The third-order valence-electron chi connectivity index (χ3n) is 1.33. The molecule has 1 heterocycles. The van der Waals surface area contributed by atoms with Crippen LogP contribution in [0.5, 0.6) is 0 Å². The van der Waals surface area contributed by atoms with E-state index in [4.69, 9.17) is 0 Å².